The third-order valence-electron chi connectivity index (χ3n) is 3.76. The van der Waals surface area contributed by atoms with Crippen LogP contribution >= 0.6 is 15.9 Å². The van der Waals surface area contributed by atoms with Crippen LogP contribution in [0.4, 0.5) is 0 Å². The first kappa shape index (κ1) is 16.1. The highest BCUT2D eigenvalue weighted by Gasteiger charge is 2.13. The van der Waals surface area contributed by atoms with Gasteiger partial charge in [0.2, 0.25) is 0 Å². The standard InChI is InChI=1S/C18H22BrNO/c1-13-4-10-17(19)16(12-13)18(20-2)11-7-14-5-8-15(21-3)9-6-14/h4-6,8-10,12,18,20H,7,11H2,1-3H3. The summed E-state index contributed by atoms with van der Waals surface area (Å²) >= 11 is 3.66. The van der Waals surface area contributed by atoms with Crippen molar-refractivity contribution < 1.29 is 4.74 Å². The van der Waals surface area contributed by atoms with Gasteiger partial charge in [-0.05, 0) is 56.1 Å². The number of nitrogens with one attached hydrogen (secondary N) is 1. The minimum Gasteiger partial charge on any atom is -0.497 e. The van der Waals surface area contributed by atoms with Gasteiger partial charge in [0, 0.05) is 10.5 Å². The first-order chi connectivity index (χ1) is 10.1. The third-order valence-corrected chi connectivity index (χ3v) is 4.48. The van der Waals surface area contributed by atoms with Gasteiger partial charge in [0.05, 0.1) is 7.11 Å². The molecule has 0 bridgehead atoms. The molecule has 0 radical (unpaired) electrons. The van der Waals surface area contributed by atoms with Crippen LogP contribution in [0.15, 0.2) is 46.9 Å². The van der Waals surface area contributed by atoms with Crippen LogP contribution in [-0.2, 0) is 6.42 Å². The van der Waals surface area contributed by atoms with Crippen molar-refractivity contribution in [3.05, 3.63) is 63.6 Å². The molecule has 0 aliphatic rings. The zero-order valence-corrected chi connectivity index (χ0v) is 14.4. The summed E-state index contributed by atoms with van der Waals surface area (Å²) in [6, 6.07) is 15.2. The van der Waals surface area contributed by atoms with E-state index in [9.17, 15) is 0 Å². The Kier molecular flexibility index (Phi) is 5.83. The van der Waals surface area contributed by atoms with Gasteiger partial charge in [-0.2, -0.15) is 0 Å². The molecule has 0 aliphatic carbocycles. The average molecular weight is 348 g/mol. The number of hydrogen-bond donors (Lipinski definition) is 1. The van der Waals surface area contributed by atoms with E-state index in [1.165, 1.54) is 21.2 Å². The molecular formula is C18H22BrNO. The molecule has 112 valence electrons. The van der Waals surface area contributed by atoms with Crippen LogP contribution in [0.1, 0.15) is 29.2 Å². The van der Waals surface area contributed by atoms with Crippen LogP contribution in [0, 0.1) is 6.92 Å². The molecule has 2 rings (SSSR count). The molecule has 2 aromatic rings. The third kappa shape index (κ3) is 4.32. The lowest BCUT2D eigenvalue weighted by molar-refractivity contribution is 0.414. The maximum Gasteiger partial charge on any atom is 0.118 e. The van der Waals surface area contributed by atoms with Crippen LogP contribution in [0.2, 0.25) is 0 Å². The zero-order valence-electron chi connectivity index (χ0n) is 12.8. The van der Waals surface area contributed by atoms with Gasteiger partial charge < -0.3 is 10.1 Å². The van der Waals surface area contributed by atoms with E-state index in [0.29, 0.717) is 6.04 Å². The molecule has 0 amide bonds. The fourth-order valence-corrected chi connectivity index (χ4v) is 3.01. The van der Waals surface area contributed by atoms with E-state index in [4.69, 9.17) is 4.74 Å². The number of halogens is 1. The summed E-state index contributed by atoms with van der Waals surface area (Å²) in [5.41, 5.74) is 3.95. The summed E-state index contributed by atoms with van der Waals surface area (Å²) in [5, 5.41) is 3.42. The lowest BCUT2D eigenvalue weighted by atomic mass is 9.98. The Morgan fingerprint density at radius 3 is 2.48 bits per heavy atom. The molecule has 1 N–H and O–H groups in total. The van der Waals surface area contributed by atoms with E-state index in [2.05, 4.69) is 58.5 Å². The van der Waals surface area contributed by atoms with Gasteiger partial charge in [-0.1, -0.05) is 45.8 Å². The van der Waals surface area contributed by atoms with Gasteiger partial charge in [0.1, 0.15) is 5.75 Å². The van der Waals surface area contributed by atoms with Gasteiger partial charge in [-0.3, -0.25) is 0 Å². The molecule has 0 saturated heterocycles. The average Bonchev–Trinajstić information content (AvgIpc) is 2.51. The molecule has 1 atom stereocenters. The Bertz CT molecular complexity index is 580. The van der Waals surface area contributed by atoms with Crippen LogP contribution in [0.5, 0.6) is 5.75 Å². The molecule has 0 aliphatic heterocycles. The highest BCUT2D eigenvalue weighted by atomic mass is 79.9. The van der Waals surface area contributed by atoms with Crippen molar-refractivity contribution in [1.29, 1.82) is 0 Å². The van der Waals surface area contributed by atoms with Crippen LogP contribution in [-0.4, -0.2) is 14.2 Å². The molecule has 0 aromatic heterocycles. The monoisotopic (exact) mass is 347 g/mol. The van der Waals surface area contributed by atoms with E-state index >= 15 is 0 Å². The van der Waals surface area contributed by atoms with Crippen LogP contribution in [0.25, 0.3) is 0 Å². The number of benzene rings is 2. The lowest BCUT2D eigenvalue weighted by Gasteiger charge is -2.19. The second-order valence-corrected chi connectivity index (χ2v) is 6.11. The minimum atomic E-state index is 0.348. The summed E-state index contributed by atoms with van der Waals surface area (Å²) in [7, 11) is 3.72. The number of methoxy groups -OCH3 is 1. The highest BCUT2D eigenvalue weighted by Crippen LogP contribution is 2.27. The second kappa shape index (κ2) is 7.62. The van der Waals surface area contributed by atoms with Crippen molar-refractivity contribution in [2.45, 2.75) is 25.8 Å². The van der Waals surface area contributed by atoms with Gasteiger partial charge in [-0.25, -0.2) is 0 Å². The Hall–Kier alpha value is -1.32. The molecular weight excluding hydrogens is 326 g/mol. The van der Waals surface area contributed by atoms with Gasteiger partial charge in [-0.15, -0.1) is 0 Å². The van der Waals surface area contributed by atoms with E-state index in [1.54, 1.807) is 7.11 Å². The molecule has 0 fully saturated rings. The number of hydrogen-bond acceptors (Lipinski definition) is 2. The highest BCUT2D eigenvalue weighted by molar-refractivity contribution is 9.10. The largest absolute Gasteiger partial charge is 0.497 e. The second-order valence-electron chi connectivity index (χ2n) is 5.25. The summed E-state index contributed by atoms with van der Waals surface area (Å²) in [4.78, 5) is 0. The minimum absolute atomic E-state index is 0.348. The van der Waals surface area contributed by atoms with Gasteiger partial charge >= 0.3 is 0 Å². The molecule has 0 spiro atoms. The number of aryl methyl sites for hydroxylation is 2. The van der Waals surface area contributed by atoms with E-state index in [0.717, 1.165) is 18.6 Å². The Morgan fingerprint density at radius 1 is 1.14 bits per heavy atom. The first-order valence-corrected chi connectivity index (χ1v) is 7.99. The van der Waals surface area contributed by atoms with Crippen molar-refractivity contribution in [2.24, 2.45) is 0 Å². The van der Waals surface area contributed by atoms with E-state index in [1.807, 2.05) is 19.2 Å². The molecule has 0 heterocycles. The maximum atomic E-state index is 5.20. The predicted octanol–water partition coefficient (Wildman–Crippen LogP) is 4.66. The van der Waals surface area contributed by atoms with Crippen molar-refractivity contribution in [3.8, 4) is 5.75 Å². The Morgan fingerprint density at radius 2 is 1.86 bits per heavy atom. The molecule has 1 unspecified atom stereocenters. The number of rotatable bonds is 6. The summed E-state index contributed by atoms with van der Waals surface area (Å²) in [6.45, 7) is 2.13. The normalized spacial score (nSPS) is 12.2. The van der Waals surface area contributed by atoms with Crippen LogP contribution in [0.3, 0.4) is 0 Å². The summed E-state index contributed by atoms with van der Waals surface area (Å²) in [5.74, 6) is 0.908. The molecule has 0 saturated carbocycles. The van der Waals surface area contributed by atoms with E-state index in [-0.39, 0.29) is 0 Å². The quantitative estimate of drug-likeness (QED) is 0.820. The smallest absolute Gasteiger partial charge is 0.118 e. The molecule has 3 heteroatoms. The zero-order chi connectivity index (χ0) is 15.2. The van der Waals surface area contributed by atoms with Crippen molar-refractivity contribution >= 4 is 15.9 Å². The van der Waals surface area contributed by atoms with Gasteiger partial charge in [0.15, 0.2) is 0 Å². The SMILES string of the molecule is CNC(CCc1ccc(OC)cc1)c1cc(C)ccc1Br. The number of ether oxygens (including phenoxy) is 1. The summed E-state index contributed by atoms with van der Waals surface area (Å²) < 4.78 is 6.36. The lowest BCUT2D eigenvalue weighted by Crippen LogP contribution is -2.17. The van der Waals surface area contributed by atoms with E-state index < -0.39 is 0 Å². The van der Waals surface area contributed by atoms with Crippen molar-refractivity contribution in [1.82, 2.24) is 5.32 Å². The fraction of sp³-hybridized carbons (Fsp3) is 0.333. The van der Waals surface area contributed by atoms with Crippen LogP contribution < -0.4 is 10.1 Å². The summed E-state index contributed by atoms with van der Waals surface area (Å²) in [6.07, 6.45) is 2.10. The maximum absolute atomic E-state index is 5.20. The first-order valence-electron chi connectivity index (χ1n) is 7.20. The Balaban J connectivity index is 2.06. The Labute approximate surface area is 135 Å². The van der Waals surface area contributed by atoms with Crippen molar-refractivity contribution in [3.63, 3.8) is 0 Å². The molecule has 21 heavy (non-hydrogen) atoms. The predicted molar refractivity (Wildman–Crippen MR) is 92.0 cm³/mol. The topological polar surface area (TPSA) is 21.3 Å². The van der Waals surface area contributed by atoms with Crippen molar-refractivity contribution in [2.75, 3.05) is 14.2 Å². The fourth-order valence-electron chi connectivity index (χ4n) is 2.49. The molecule has 2 aromatic carbocycles. The molecule has 2 nitrogen and oxygen atoms in total. The van der Waals surface area contributed by atoms with Gasteiger partial charge in [0.25, 0.3) is 0 Å².